The molecule has 102 valence electrons. The predicted octanol–water partition coefficient (Wildman–Crippen LogP) is 1.94. The van der Waals surface area contributed by atoms with Gasteiger partial charge in [-0.15, -0.1) is 0 Å². The Hall–Kier alpha value is -0.260. The fraction of sp³-hybridized carbons (Fsp3) is 0.917. The Labute approximate surface area is 110 Å². The van der Waals surface area contributed by atoms with Crippen LogP contribution in [0.15, 0.2) is 0 Å². The Morgan fingerprint density at radius 1 is 1.18 bits per heavy atom. The van der Waals surface area contributed by atoms with E-state index < -0.39 is 0 Å². The number of hydrogen-bond acceptors (Lipinski definition) is 4. The summed E-state index contributed by atoms with van der Waals surface area (Å²) in [7, 11) is 0. The second-order valence-electron chi connectivity index (χ2n) is 4.06. The monoisotopic (exact) mass is 263 g/mol. The Balaban J connectivity index is 3.96. The van der Waals surface area contributed by atoms with E-state index in [-0.39, 0.29) is 12.1 Å². The number of rotatable bonds is 11. The maximum Gasteiger partial charge on any atom is 0.210 e. The van der Waals surface area contributed by atoms with Gasteiger partial charge in [0, 0.05) is 31.9 Å². The second-order valence-corrected chi connectivity index (χ2v) is 4.32. The van der Waals surface area contributed by atoms with Gasteiger partial charge in [-0.05, 0) is 33.6 Å². The van der Waals surface area contributed by atoms with Crippen LogP contribution in [0.25, 0.3) is 0 Å². The van der Waals surface area contributed by atoms with E-state index in [0.717, 1.165) is 25.9 Å². The van der Waals surface area contributed by atoms with Gasteiger partial charge in [0.15, 0.2) is 0 Å². The van der Waals surface area contributed by atoms with Gasteiger partial charge in [0.05, 0.1) is 5.94 Å². The van der Waals surface area contributed by atoms with Crippen molar-refractivity contribution in [1.29, 1.82) is 0 Å². The maximum atomic E-state index is 11.1. The first-order chi connectivity index (χ1) is 8.17. The van der Waals surface area contributed by atoms with E-state index in [1.54, 1.807) is 0 Å². The van der Waals surface area contributed by atoms with Crippen LogP contribution in [0.1, 0.15) is 33.6 Å². The number of amides is 1. The van der Waals surface area contributed by atoms with Crippen LogP contribution in [0, 0.1) is 0 Å². The molecule has 0 rings (SSSR count). The molecular formula is C12H25NO3S. The van der Waals surface area contributed by atoms with Crippen molar-refractivity contribution in [3.63, 3.8) is 0 Å². The number of carbonyl (C=O) groups is 1. The molecule has 5 heteroatoms. The van der Waals surface area contributed by atoms with E-state index in [2.05, 4.69) is 12.6 Å². The summed E-state index contributed by atoms with van der Waals surface area (Å²) in [6.07, 6.45) is 2.62. The summed E-state index contributed by atoms with van der Waals surface area (Å²) in [5, 5.41) is 0. The van der Waals surface area contributed by atoms with Crippen molar-refractivity contribution in [3.05, 3.63) is 0 Å². The van der Waals surface area contributed by atoms with Crippen molar-refractivity contribution in [1.82, 2.24) is 4.90 Å². The van der Waals surface area contributed by atoms with Crippen molar-refractivity contribution >= 4 is 19.0 Å². The first kappa shape index (κ1) is 16.7. The summed E-state index contributed by atoms with van der Waals surface area (Å²) in [5.41, 5.74) is 0. The third-order valence-electron chi connectivity index (χ3n) is 2.79. The zero-order chi connectivity index (χ0) is 13.1. The lowest BCUT2D eigenvalue weighted by atomic mass is 10.1. The molecule has 2 atom stereocenters. The molecule has 0 aliphatic heterocycles. The SMILES string of the molecule is CCOCCC(C)N(C=O)C(C)CCOCS. The number of carbonyl (C=O) groups excluding carboxylic acids is 1. The molecule has 0 radical (unpaired) electrons. The molecule has 0 saturated heterocycles. The van der Waals surface area contributed by atoms with E-state index in [1.165, 1.54) is 0 Å². The highest BCUT2D eigenvalue weighted by molar-refractivity contribution is 7.80. The van der Waals surface area contributed by atoms with Crippen LogP contribution in [0.4, 0.5) is 0 Å². The molecule has 0 aromatic carbocycles. The van der Waals surface area contributed by atoms with E-state index in [9.17, 15) is 4.79 Å². The highest BCUT2D eigenvalue weighted by Gasteiger charge is 2.17. The van der Waals surface area contributed by atoms with Gasteiger partial charge in [-0.1, -0.05) is 0 Å². The molecule has 0 aromatic heterocycles. The molecule has 2 unspecified atom stereocenters. The third kappa shape index (κ3) is 7.63. The van der Waals surface area contributed by atoms with Crippen LogP contribution >= 0.6 is 12.6 Å². The molecule has 1 amide bonds. The molecule has 0 aliphatic carbocycles. The minimum absolute atomic E-state index is 0.184. The predicted molar refractivity (Wildman–Crippen MR) is 72.4 cm³/mol. The average Bonchev–Trinajstić information content (AvgIpc) is 2.30. The van der Waals surface area contributed by atoms with Gasteiger partial charge >= 0.3 is 0 Å². The van der Waals surface area contributed by atoms with Crippen molar-refractivity contribution in [2.75, 3.05) is 25.8 Å². The second kappa shape index (κ2) is 10.9. The molecule has 17 heavy (non-hydrogen) atoms. The van der Waals surface area contributed by atoms with Gasteiger partial charge in [0.1, 0.15) is 0 Å². The van der Waals surface area contributed by atoms with E-state index in [4.69, 9.17) is 9.47 Å². The summed E-state index contributed by atoms with van der Waals surface area (Å²) in [6.45, 7) is 8.10. The summed E-state index contributed by atoms with van der Waals surface area (Å²) >= 11 is 3.97. The lowest BCUT2D eigenvalue weighted by Gasteiger charge is -2.31. The highest BCUT2D eigenvalue weighted by atomic mass is 32.1. The van der Waals surface area contributed by atoms with Crippen LogP contribution in [0.3, 0.4) is 0 Å². The minimum atomic E-state index is 0.184. The normalized spacial score (nSPS) is 14.4. The van der Waals surface area contributed by atoms with Crippen LogP contribution in [0.2, 0.25) is 0 Å². The molecule has 0 spiro atoms. The first-order valence-corrected chi connectivity index (χ1v) is 6.79. The van der Waals surface area contributed by atoms with Gasteiger partial charge in [0.2, 0.25) is 6.41 Å². The summed E-state index contributed by atoms with van der Waals surface area (Å²) < 4.78 is 10.5. The number of ether oxygens (including phenoxy) is 2. The average molecular weight is 263 g/mol. The molecule has 0 aliphatic rings. The fourth-order valence-corrected chi connectivity index (χ4v) is 1.79. The van der Waals surface area contributed by atoms with Crippen molar-refractivity contribution in [2.45, 2.75) is 45.7 Å². The summed E-state index contributed by atoms with van der Waals surface area (Å²) in [5.74, 6) is 0.424. The number of hydrogen-bond donors (Lipinski definition) is 1. The lowest BCUT2D eigenvalue weighted by Crippen LogP contribution is -2.40. The van der Waals surface area contributed by atoms with Gasteiger partial charge in [-0.2, -0.15) is 12.6 Å². The lowest BCUT2D eigenvalue weighted by molar-refractivity contribution is -0.122. The molecule has 0 saturated carbocycles. The molecule has 4 nitrogen and oxygen atoms in total. The van der Waals surface area contributed by atoms with Crippen LogP contribution < -0.4 is 0 Å². The highest BCUT2D eigenvalue weighted by Crippen LogP contribution is 2.10. The zero-order valence-corrected chi connectivity index (χ0v) is 12.0. The molecule has 0 fully saturated rings. The largest absolute Gasteiger partial charge is 0.382 e. The van der Waals surface area contributed by atoms with Crippen molar-refractivity contribution < 1.29 is 14.3 Å². The Kier molecular flexibility index (Phi) is 10.7. The molecule has 0 N–H and O–H groups in total. The van der Waals surface area contributed by atoms with Crippen LogP contribution in [-0.2, 0) is 14.3 Å². The first-order valence-electron chi connectivity index (χ1n) is 6.16. The Bertz CT molecular complexity index is 177. The summed E-state index contributed by atoms with van der Waals surface area (Å²) in [4.78, 5) is 12.9. The van der Waals surface area contributed by atoms with Crippen molar-refractivity contribution in [2.24, 2.45) is 0 Å². The van der Waals surface area contributed by atoms with E-state index in [1.807, 2.05) is 25.7 Å². The Morgan fingerprint density at radius 3 is 2.12 bits per heavy atom. The summed E-state index contributed by atoms with van der Waals surface area (Å²) in [6, 6.07) is 0.383. The topological polar surface area (TPSA) is 38.8 Å². The minimum Gasteiger partial charge on any atom is -0.382 e. The van der Waals surface area contributed by atoms with E-state index in [0.29, 0.717) is 19.2 Å². The van der Waals surface area contributed by atoms with E-state index >= 15 is 0 Å². The molecule has 0 heterocycles. The fourth-order valence-electron chi connectivity index (χ4n) is 1.66. The smallest absolute Gasteiger partial charge is 0.210 e. The Morgan fingerprint density at radius 2 is 1.71 bits per heavy atom. The zero-order valence-electron chi connectivity index (χ0n) is 11.1. The molecular weight excluding hydrogens is 238 g/mol. The van der Waals surface area contributed by atoms with Crippen molar-refractivity contribution in [3.8, 4) is 0 Å². The third-order valence-corrected chi connectivity index (χ3v) is 2.98. The quantitative estimate of drug-likeness (QED) is 0.268. The van der Waals surface area contributed by atoms with Crippen LogP contribution in [-0.4, -0.2) is 49.2 Å². The standard InChI is InChI=1S/C12H25NO3S/c1-4-15-7-5-11(2)13(9-14)12(3)6-8-16-10-17/h9,11-12,17H,4-8,10H2,1-3H3. The number of nitrogens with zero attached hydrogens (tertiary/aromatic N) is 1. The maximum absolute atomic E-state index is 11.1. The van der Waals surface area contributed by atoms with Gasteiger partial charge < -0.3 is 14.4 Å². The molecule has 0 aromatic rings. The molecule has 0 bridgehead atoms. The van der Waals surface area contributed by atoms with Gasteiger partial charge in [-0.3, -0.25) is 4.79 Å². The van der Waals surface area contributed by atoms with Gasteiger partial charge in [-0.25, -0.2) is 0 Å². The van der Waals surface area contributed by atoms with Gasteiger partial charge in [0.25, 0.3) is 0 Å². The number of thiol groups is 1. The van der Waals surface area contributed by atoms with Crippen LogP contribution in [0.5, 0.6) is 0 Å².